The average Bonchev–Trinajstić information content (AvgIpc) is 2.40. The van der Waals surface area contributed by atoms with Gasteiger partial charge in [0.15, 0.2) is 11.6 Å². The van der Waals surface area contributed by atoms with Gasteiger partial charge in [-0.25, -0.2) is 4.39 Å². The van der Waals surface area contributed by atoms with Crippen LogP contribution in [0.5, 0.6) is 11.5 Å². The summed E-state index contributed by atoms with van der Waals surface area (Å²) in [6.45, 7) is 1.52. The van der Waals surface area contributed by atoms with Crippen molar-refractivity contribution in [3.8, 4) is 11.5 Å². The number of hydrogen-bond acceptors (Lipinski definition) is 4. The van der Waals surface area contributed by atoms with Gasteiger partial charge >= 0.3 is 0 Å². The zero-order valence-corrected chi connectivity index (χ0v) is 11.7. The first kappa shape index (κ1) is 15.2. The van der Waals surface area contributed by atoms with Crippen molar-refractivity contribution in [1.29, 1.82) is 0 Å². The van der Waals surface area contributed by atoms with Crippen LogP contribution in [-0.2, 0) is 0 Å². The number of nitrogens with zero attached hydrogens (tertiary/aromatic N) is 1. The molecular formula is C14H11ClFNO4. The Morgan fingerprint density at radius 2 is 2.05 bits per heavy atom. The van der Waals surface area contributed by atoms with Crippen LogP contribution in [0.1, 0.15) is 18.6 Å². The summed E-state index contributed by atoms with van der Waals surface area (Å²) in [6.07, 6.45) is -0.789. The van der Waals surface area contributed by atoms with E-state index < -0.39 is 16.8 Å². The number of aliphatic hydroxyl groups excluding tert-OH is 1. The van der Waals surface area contributed by atoms with E-state index >= 15 is 0 Å². The van der Waals surface area contributed by atoms with Crippen LogP contribution in [0.2, 0.25) is 5.02 Å². The Morgan fingerprint density at radius 3 is 2.57 bits per heavy atom. The summed E-state index contributed by atoms with van der Waals surface area (Å²) in [5, 5.41) is 19.9. The van der Waals surface area contributed by atoms with Gasteiger partial charge in [-0.05, 0) is 30.7 Å². The molecular weight excluding hydrogens is 301 g/mol. The molecule has 0 radical (unpaired) electrons. The highest BCUT2D eigenvalue weighted by atomic mass is 35.5. The van der Waals surface area contributed by atoms with E-state index in [1.807, 2.05) is 0 Å². The van der Waals surface area contributed by atoms with E-state index in [1.165, 1.54) is 37.3 Å². The second-order valence-electron chi connectivity index (χ2n) is 4.34. The molecule has 0 saturated heterocycles. The third-order valence-electron chi connectivity index (χ3n) is 2.78. The molecule has 0 amide bonds. The quantitative estimate of drug-likeness (QED) is 0.677. The normalized spacial score (nSPS) is 12.0. The Morgan fingerprint density at radius 1 is 1.33 bits per heavy atom. The van der Waals surface area contributed by atoms with Crippen LogP contribution in [0.3, 0.4) is 0 Å². The minimum absolute atomic E-state index is 0.0654. The highest BCUT2D eigenvalue weighted by Gasteiger charge is 2.14. The molecule has 2 aromatic rings. The van der Waals surface area contributed by atoms with Gasteiger partial charge in [-0.15, -0.1) is 0 Å². The third kappa shape index (κ3) is 3.48. The lowest BCUT2D eigenvalue weighted by molar-refractivity contribution is -0.384. The summed E-state index contributed by atoms with van der Waals surface area (Å²) >= 11 is 5.75. The lowest BCUT2D eigenvalue weighted by atomic mass is 10.1. The molecule has 1 N–H and O–H groups in total. The van der Waals surface area contributed by atoms with Gasteiger partial charge in [-0.3, -0.25) is 10.1 Å². The van der Waals surface area contributed by atoms with Crippen LogP contribution < -0.4 is 4.74 Å². The van der Waals surface area contributed by atoms with E-state index in [4.69, 9.17) is 16.3 Å². The summed E-state index contributed by atoms with van der Waals surface area (Å²) < 4.78 is 19.1. The first-order valence-corrected chi connectivity index (χ1v) is 6.35. The molecule has 2 rings (SSSR count). The second-order valence-corrected chi connectivity index (χ2v) is 4.75. The number of nitro groups is 1. The van der Waals surface area contributed by atoms with Gasteiger partial charge in [0.25, 0.3) is 5.69 Å². The van der Waals surface area contributed by atoms with Gasteiger partial charge in [-0.1, -0.05) is 17.7 Å². The molecule has 2 aromatic carbocycles. The van der Waals surface area contributed by atoms with Crippen molar-refractivity contribution < 1.29 is 19.2 Å². The second kappa shape index (κ2) is 6.07. The molecule has 0 spiro atoms. The Kier molecular flexibility index (Phi) is 4.40. The number of ether oxygens (including phenoxy) is 1. The van der Waals surface area contributed by atoms with Crippen molar-refractivity contribution in [2.75, 3.05) is 0 Å². The molecule has 0 aliphatic rings. The van der Waals surface area contributed by atoms with Gasteiger partial charge in [-0.2, -0.15) is 0 Å². The molecule has 110 valence electrons. The molecule has 0 fully saturated rings. The Labute approximate surface area is 124 Å². The molecule has 0 unspecified atom stereocenters. The molecule has 7 heteroatoms. The molecule has 0 bridgehead atoms. The zero-order valence-electron chi connectivity index (χ0n) is 10.9. The predicted octanol–water partition coefficient (Wildman–Crippen LogP) is 4.23. The summed E-state index contributed by atoms with van der Waals surface area (Å²) in [6, 6.07) is 7.79. The molecule has 0 aliphatic heterocycles. The number of rotatable bonds is 4. The van der Waals surface area contributed by atoms with Gasteiger partial charge in [0.1, 0.15) is 10.8 Å². The molecule has 0 aliphatic carbocycles. The van der Waals surface area contributed by atoms with Crippen molar-refractivity contribution in [2.45, 2.75) is 13.0 Å². The maximum Gasteiger partial charge on any atom is 0.288 e. The largest absolute Gasteiger partial charge is 0.454 e. The van der Waals surface area contributed by atoms with Crippen LogP contribution in [0.25, 0.3) is 0 Å². The molecule has 21 heavy (non-hydrogen) atoms. The highest BCUT2D eigenvalue weighted by molar-refractivity contribution is 6.32. The van der Waals surface area contributed by atoms with Gasteiger partial charge in [0, 0.05) is 12.1 Å². The van der Waals surface area contributed by atoms with Crippen LogP contribution >= 0.6 is 11.6 Å². The SMILES string of the molecule is C[C@H](O)c1ccc(Oc2ccc([N+](=O)[O-])c(Cl)c2)c(F)c1. The summed E-state index contributed by atoms with van der Waals surface area (Å²) in [7, 11) is 0. The standard InChI is InChI=1S/C14H11ClFNO4/c1-8(18)9-2-5-14(12(16)6-9)21-10-3-4-13(17(19)20)11(15)7-10/h2-8,18H,1H3/t8-/m0/s1. The summed E-state index contributed by atoms with van der Waals surface area (Å²) in [5.41, 5.74) is 0.163. The lowest BCUT2D eigenvalue weighted by Crippen LogP contribution is -1.95. The van der Waals surface area contributed by atoms with Crippen LogP contribution in [-0.4, -0.2) is 10.0 Å². The first-order chi connectivity index (χ1) is 9.88. The van der Waals surface area contributed by atoms with Gasteiger partial charge in [0.2, 0.25) is 0 Å². The van der Waals surface area contributed by atoms with Crippen molar-refractivity contribution in [3.05, 3.63) is 62.9 Å². The fraction of sp³-hybridized carbons (Fsp3) is 0.143. The number of halogens is 2. The molecule has 0 saturated carbocycles. The molecule has 0 aromatic heterocycles. The third-order valence-corrected chi connectivity index (χ3v) is 3.08. The Balaban J connectivity index is 2.26. The van der Waals surface area contributed by atoms with Crippen LogP contribution in [0.15, 0.2) is 36.4 Å². The average molecular weight is 312 g/mol. The number of hydrogen-bond donors (Lipinski definition) is 1. The van der Waals surface area contributed by atoms with Gasteiger partial charge < -0.3 is 9.84 Å². The predicted molar refractivity (Wildman–Crippen MR) is 75.2 cm³/mol. The van der Waals surface area contributed by atoms with Crippen molar-refractivity contribution >= 4 is 17.3 Å². The number of nitro benzene ring substituents is 1. The summed E-state index contributed by atoms with van der Waals surface area (Å²) in [5.74, 6) is -0.540. The highest BCUT2D eigenvalue weighted by Crippen LogP contribution is 2.32. The molecule has 0 heterocycles. The first-order valence-electron chi connectivity index (χ1n) is 5.98. The van der Waals surface area contributed by atoms with Crippen molar-refractivity contribution in [3.63, 3.8) is 0 Å². The van der Waals surface area contributed by atoms with E-state index in [0.717, 1.165) is 6.07 Å². The minimum Gasteiger partial charge on any atom is -0.454 e. The smallest absolute Gasteiger partial charge is 0.288 e. The number of benzene rings is 2. The monoisotopic (exact) mass is 311 g/mol. The maximum atomic E-state index is 13.8. The maximum absolute atomic E-state index is 13.8. The van der Waals surface area contributed by atoms with E-state index in [9.17, 15) is 19.6 Å². The molecule has 1 atom stereocenters. The fourth-order valence-electron chi connectivity index (χ4n) is 1.69. The van der Waals surface area contributed by atoms with Crippen molar-refractivity contribution in [2.24, 2.45) is 0 Å². The van der Waals surface area contributed by atoms with E-state index in [-0.39, 0.29) is 22.2 Å². The topological polar surface area (TPSA) is 72.6 Å². The van der Waals surface area contributed by atoms with E-state index in [2.05, 4.69) is 0 Å². The Hall–Kier alpha value is -2.18. The van der Waals surface area contributed by atoms with Crippen LogP contribution in [0, 0.1) is 15.9 Å². The minimum atomic E-state index is -0.789. The zero-order chi connectivity index (χ0) is 15.6. The lowest BCUT2D eigenvalue weighted by Gasteiger charge is -2.10. The Bertz CT molecular complexity index is 691. The molecule has 5 nitrogen and oxygen atoms in total. The number of aliphatic hydroxyl groups is 1. The van der Waals surface area contributed by atoms with E-state index in [1.54, 1.807) is 0 Å². The fourth-order valence-corrected chi connectivity index (χ4v) is 1.93. The van der Waals surface area contributed by atoms with Gasteiger partial charge in [0.05, 0.1) is 11.0 Å². The summed E-state index contributed by atoms with van der Waals surface area (Å²) in [4.78, 5) is 10.0. The van der Waals surface area contributed by atoms with Crippen molar-refractivity contribution in [1.82, 2.24) is 0 Å². The van der Waals surface area contributed by atoms with Crippen LogP contribution in [0.4, 0.5) is 10.1 Å². The van der Waals surface area contributed by atoms with E-state index in [0.29, 0.717) is 5.56 Å².